The van der Waals surface area contributed by atoms with Crippen molar-refractivity contribution in [2.45, 2.75) is 44.4 Å². The van der Waals surface area contributed by atoms with E-state index in [4.69, 9.17) is 11.6 Å². The van der Waals surface area contributed by atoms with E-state index in [9.17, 15) is 0 Å². The summed E-state index contributed by atoms with van der Waals surface area (Å²) in [5.41, 5.74) is 0.916. The van der Waals surface area contributed by atoms with E-state index in [2.05, 4.69) is 20.3 Å². The average Bonchev–Trinajstić information content (AvgIpc) is 2.78. The molecule has 0 amide bonds. The van der Waals surface area contributed by atoms with Crippen LogP contribution in [0.4, 0.5) is 5.95 Å². The van der Waals surface area contributed by atoms with Crippen LogP contribution >= 0.6 is 11.6 Å². The summed E-state index contributed by atoms with van der Waals surface area (Å²) < 4.78 is 0. The van der Waals surface area contributed by atoms with E-state index in [1.807, 2.05) is 42.5 Å². The Labute approximate surface area is 142 Å². The van der Waals surface area contributed by atoms with Gasteiger partial charge in [-0.25, -0.2) is 4.98 Å². The van der Waals surface area contributed by atoms with Gasteiger partial charge in [-0.2, -0.15) is 9.97 Å². The second kappa shape index (κ2) is 8.06. The van der Waals surface area contributed by atoms with Crippen LogP contribution in [0.25, 0.3) is 0 Å². The van der Waals surface area contributed by atoms with Crippen LogP contribution in [0.15, 0.2) is 48.2 Å². The van der Waals surface area contributed by atoms with Crippen LogP contribution in [-0.2, 0) is 0 Å². The number of rotatable bonds is 3. The Balaban J connectivity index is 1.79. The van der Waals surface area contributed by atoms with Gasteiger partial charge in [0.1, 0.15) is 5.82 Å². The highest BCUT2D eigenvalue weighted by atomic mass is 35.5. The number of nitrogens with one attached hydrogen (secondary N) is 1. The van der Waals surface area contributed by atoms with E-state index in [0.717, 1.165) is 24.4 Å². The van der Waals surface area contributed by atoms with Gasteiger partial charge < -0.3 is 5.32 Å². The molecule has 1 heterocycles. The molecule has 2 aliphatic carbocycles. The van der Waals surface area contributed by atoms with E-state index < -0.39 is 0 Å². The van der Waals surface area contributed by atoms with Crippen LogP contribution in [0.3, 0.4) is 0 Å². The van der Waals surface area contributed by atoms with Crippen molar-refractivity contribution in [1.82, 2.24) is 15.0 Å². The second-order valence-corrected chi connectivity index (χ2v) is 6.19. The molecular formula is C18H21ClN4. The average molecular weight is 329 g/mol. The Hall–Kier alpha value is -1.94. The highest BCUT2D eigenvalue weighted by molar-refractivity contribution is 6.28. The van der Waals surface area contributed by atoms with Crippen LogP contribution < -0.4 is 5.32 Å². The molecule has 1 N–H and O–H groups in total. The molecule has 1 aromatic heterocycles. The molecule has 0 bridgehead atoms. The topological polar surface area (TPSA) is 50.7 Å². The lowest BCUT2D eigenvalue weighted by Crippen LogP contribution is -2.10. The van der Waals surface area contributed by atoms with Gasteiger partial charge in [0.15, 0.2) is 0 Å². The maximum Gasteiger partial charge on any atom is 0.231 e. The largest absolute Gasteiger partial charge is 0.324 e. The van der Waals surface area contributed by atoms with E-state index >= 15 is 0 Å². The van der Waals surface area contributed by atoms with Gasteiger partial charge in [0.25, 0.3) is 0 Å². The fourth-order valence-electron chi connectivity index (χ4n) is 2.92. The zero-order valence-electron chi connectivity index (χ0n) is 13.1. The van der Waals surface area contributed by atoms with Gasteiger partial charge in [0.05, 0.1) is 0 Å². The lowest BCUT2D eigenvalue weighted by atomic mass is 10.00. The standard InChI is InChI=1S/C18H21ClN4/c19-17-21-16(14-10-6-4-5-7-11-14)22-18(23-17)20-15-12-8-2-1-3-9-13-15/h1-3,8-9,12-14H,4-7,10-11H2,(H,20,21,22,23)/b2-1-,3-1?,8-2?,9-3-,12-8-,13-9?,15-12?,15-13+. The molecule has 0 atom stereocenters. The molecule has 3 rings (SSSR count). The second-order valence-electron chi connectivity index (χ2n) is 5.85. The number of hydrogen-bond acceptors (Lipinski definition) is 4. The minimum absolute atomic E-state index is 0.257. The number of allylic oxidation sites excluding steroid dienone is 7. The third-order valence-corrected chi connectivity index (χ3v) is 4.27. The first-order valence-corrected chi connectivity index (χ1v) is 8.59. The maximum atomic E-state index is 6.12. The van der Waals surface area contributed by atoms with Gasteiger partial charge in [-0.1, -0.05) is 56.1 Å². The molecule has 0 unspecified atom stereocenters. The number of anilines is 1. The third-order valence-electron chi connectivity index (χ3n) is 4.10. The molecule has 0 saturated heterocycles. The van der Waals surface area contributed by atoms with Crippen molar-refractivity contribution in [2.75, 3.05) is 5.32 Å². The molecule has 1 aromatic rings. The Morgan fingerprint density at radius 1 is 0.870 bits per heavy atom. The molecule has 120 valence electrons. The quantitative estimate of drug-likeness (QED) is 0.798. The van der Waals surface area contributed by atoms with Crippen molar-refractivity contribution in [3.05, 3.63) is 59.3 Å². The van der Waals surface area contributed by atoms with E-state index in [1.54, 1.807) is 0 Å². The highest BCUT2D eigenvalue weighted by Crippen LogP contribution is 2.30. The van der Waals surface area contributed by atoms with Crippen LogP contribution in [0.1, 0.15) is 50.3 Å². The predicted octanol–water partition coefficient (Wildman–Crippen LogP) is 4.94. The molecule has 0 spiro atoms. The molecule has 5 heteroatoms. The van der Waals surface area contributed by atoms with Gasteiger partial charge >= 0.3 is 0 Å². The first-order valence-electron chi connectivity index (χ1n) is 8.21. The molecule has 1 saturated carbocycles. The summed E-state index contributed by atoms with van der Waals surface area (Å²) in [6.45, 7) is 0. The number of nitrogens with zero attached hydrogens (tertiary/aromatic N) is 3. The molecule has 4 nitrogen and oxygen atoms in total. The summed E-state index contributed by atoms with van der Waals surface area (Å²) in [5, 5.41) is 3.48. The summed E-state index contributed by atoms with van der Waals surface area (Å²) in [6.07, 6.45) is 21.2. The predicted molar refractivity (Wildman–Crippen MR) is 94.4 cm³/mol. The normalized spacial score (nSPS) is 25.3. The van der Waals surface area contributed by atoms with Gasteiger partial charge in [-0.15, -0.1) is 0 Å². The van der Waals surface area contributed by atoms with Gasteiger partial charge in [0.2, 0.25) is 11.2 Å². The van der Waals surface area contributed by atoms with Crippen molar-refractivity contribution in [2.24, 2.45) is 0 Å². The lowest BCUT2D eigenvalue weighted by molar-refractivity contribution is 0.558. The van der Waals surface area contributed by atoms with E-state index in [0.29, 0.717) is 11.9 Å². The fraction of sp³-hybridized carbons (Fsp3) is 0.389. The Morgan fingerprint density at radius 2 is 1.61 bits per heavy atom. The van der Waals surface area contributed by atoms with Crippen LogP contribution in [0, 0.1) is 0 Å². The summed E-state index contributed by atoms with van der Waals surface area (Å²) in [7, 11) is 0. The molecule has 0 aliphatic heterocycles. The van der Waals surface area contributed by atoms with Crippen LogP contribution in [-0.4, -0.2) is 15.0 Å². The fourth-order valence-corrected chi connectivity index (χ4v) is 3.09. The molecule has 0 aromatic carbocycles. The molecule has 0 radical (unpaired) electrons. The minimum atomic E-state index is 0.257. The number of aromatic nitrogens is 3. The van der Waals surface area contributed by atoms with Crippen LogP contribution in [0.5, 0.6) is 0 Å². The molecule has 1 fully saturated rings. The van der Waals surface area contributed by atoms with Gasteiger partial charge in [-0.3, -0.25) is 0 Å². The first kappa shape index (κ1) is 15.9. The first-order chi connectivity index (χ1) is 11.3. The smallest absolute Gasteiger partial charge is 0.231 e. The molecular weight excluding hydrogens is 308 g/mol. The van der Waals surface area contributed by atoms with E-state index in [-0.39, 0.29) is 5.28 Å². The maximum absolute atomic E-state index is 6.12. The summed E-state index contributed by atoms with van der Waals surface area (Å²) in [5.74, 6) is 1.72. The molecule has 23 heavy (non-hydrogen) atoms. The zero-order valence-corrected chi connectivity index (χ0v) is 13.8. The van der Waals surface area contributed by atoms with Crippen LogP contribution in [0.2, 0.25) is 5.28 Å². The number of halogens is 1. The van der Waals surface area contributed by atoms with Gasteiger partial charge in [-0.05, 0) is 36.6 Å². The lowest BCUT2D eigenvalue weighted by Gasteiger charge is -2.14. The Bertz CT molecular complexity index is 653. The summed E-state index contributed by atoms with van der Waals surface area (Å²) in [6, 6.07) is 0. The third kappa shape index (κ3) is 4.76. The van der Waals surface area contributed by atoms with Crippen molar-refractivity contribution in [3.63, 3.8) is 0 Å². The Kier molecular flexibility index (Phi) is 5.59. The molecule has 2 aliphatic rings. The summed E-state index contributed by atoms with van der Waals surface area (Å²) in [4.78, 5) is 13.2. The minimum Gasteiger partial charge on any atom is -0.324 e. The van der Waals surface area contributed by atoms with Crippen molar-refractivity contribution in [1.29, 1.82) is 0 Å². The van der Waals surface area contributed by atoms with E-state index in [1.165, 1.54) is 25.7 Å². The summed E-state index contributed by atoms with van der Waals surface area (Å²) >= 11 is 6.12. The van der Waals surface area contributed by atoms with Crippen molar-refractivity contribution >= 4 is 17.5 Å². The highest BCUT2D eigenvalue weighted by Gasteiger charge is 2.19. The van der Waals surface area contributed by atoms with Crippen molar-refractivity contribution < 1.29 is 0 Å². The monoisotopic (exact) mass is 328 g/mol. The zero-order chi connectivity index (χ0) is 15.9. The number of hydrogen-bond donors (Lipinski definition) is 1. The Morgan fingerprint density at radius 3 is 2.43 bits per heavy atom. The van der Waals surface area contributed by atoms with Gasteiger partial charge in [0, 0.05) is 11.6 Å². The SMILES string of the molecule is Clc1nc(NC2=C/C=C\C=C/C=C\2)nc(C2CCCCCC2)n1. The van der Waals surface area contributed by atoms with Crippen molar-refractivity contribution in [3.8, 4) is 0 Å².